The highest BCUT2D eigenvalue weighted by Gasteiger charge is 2.68. The van der Waals surface area contributed by atoms with Crippen LogP contribution in [0.5, 0.6) is 11.5 Å². The molecule has 13 heteroatoms. The molecule has 6 unspecified atom stereocenters. The molecule has 4 heterocycles. The summed E-state index contributed by atoms with van der Waals surface area (Å²) in [5.41, 5.74) is 1.82. The highest BCUT2D eigenvalue weighted by Crippen LogP contribution is 2.65. The molecule has 2 aromatic heterocycles. The number of carbonyl (C=O) groups excluding carboxylic acids is 4. The maximum absolute atomic E-state index is 15.2. The Bertz CT molecular complexity index is 2510. The number of amides is 4. The van der Waals surface area contributed by atoms with Crippen LogP contribution in [0.2, 0.25) is 5.02 Å². The number of methoxy groups -OCH3 is 1. The molecule has 2 aliphatic carbocycles. The molecule has 4 aliphatic rings. The fourth-order valence-electron chi connectivity index (χ4n) is 9.60. The molecule has 9 rings (SSSR count). The Kier molecular flexibility index (Phi) is 8.01. The van der Waals surface area contributed by atoms with Crippen molar-refractivity contribution in [2.45, 2.75) is 32.6 Å². The topological polar surface area (TPSA) is 122 Å². The van der Waals surface area contributed by atoms with Crippen molar-refractivity contribution in [1.29, 1.82) is 0 Å². The lowest BCUT2D eigenvalue weighted by molar-refractivity contribution is -0.131. The van der Waals surface area contributed by atoms with Gasteiger partial charge in [0.15, 0.2) is 0 Å². The number of ether oxygens (including phenoxy) is 1. The third-order valence-corrected chi connectivity index (χ3v) is 14.2. The van der Waals surface area contributed by atoms with E-state index in [1.807, 2.05) is 31.2 Å². The molecule has 1 N–H and O–H groups in total. The number of hydrogen-bond acceptors (Lipinski definition) is 8. The number of aromatic nitrogens is 2. The maximum Gasteiger partial charge on any atom is 0.242 e. The molecule has 0 bridgehead atoms. The number of nitrogens with zero attached hydrogens (tertiary/aromatic N) is 4. The van der Waals surface area contributed by atoms with Crippen LogP contribution >= 0.6 is 38.9 Å². The largest absolute Gasteiger partial charge is 0.508 e. The fraction of sp³-hybridized carbons (Fsp3) is 0.293. The molecular weight excluding hydrogens is 792 g/mol. The van der Waals surface area contributed by atoms with Crippen LogP contribution in [0.1, 0.15) is 36.8 Å². The van der Waals surface area contributed by atoms with Crippen LogP contribution in [0.3, 0.4) is 0 Å². The number of phenolic OH excluding ortho intramolecular Hbond substituents is 1. The molecule has 6 atom stereocenters. The standard InChI is InChI=1S/C41H34BrClN4O6S/c1-19-25-16-21(43)10-15-31(25)54-36(19)28-18-32(45(3)44-28)47-38(50)27-17-26-23(35(41(27,2)40(47)52)34-29(48)6-5-7-30(34)53-4)13-14-24-33(26)39(51)46(37(24)49)22-11-8-20(42)9-12-22/h5-13,15-16,18,24,26-27,33,35,48H,14,17H2,1-4H3. The first kappa shape index (κ1) is 35.0. The van der Waals surface area contributed by atoms with Gasteiger partial charge in [-0.3, -0.25) is 28.8 Å². The molecule has 5 aromatic rings. The molecule has 4 amide bonds. The summed E-state index contributed by atoms with van der Waals surface area (Å²) < 4.78 is 9.21. The summed E-state index contributed by atoms with van der Waals surface area (Å²) in [7, 11) is 3.20. The van der Waals surface area contributed by atoms with Gasteiger partial charge < -0.3 is 9.84 Å². The molecule has 2 aliphatic heterocycles. The number of benzene rings is 3. The number of imide groups is 2. The number of aryl methyl sites for hydroxylation is 2. The van der Waals surface area contributed by atoms with Gasteiger partial charge in [-0.25, -0.2) is 4.90 Å². The first-order valence-corrected chi connectivity index (χ1v) is 19.6. The quantitative estimate of drug-likeness (QED) is 0.140. The second kappa shape index (κ2) is 12.4. The van der Waals surface area contributed by atoms with Crippen LogP contribution in [-0.4, -0.2) is 45.6 Å². The molecule has 2 saturated heterocycles. The lowest BCUT2D eigenvalue weighted by Crippen LogP contribution is -2.49. The zero-order chi connectivity index (χ0) is 38.0. The molecule has 1 saturated carbocycles. The number of anilines is 2. The molecule has 3 fully saturated rings. The van der Waals surface area contributed by atoms with Gasteiger partial charge in [-0.15, -0.1) is 11.3 Å². The molecule has 54 heavy (non-hydrogen) atoms. The molecule has 10 nitrogen and oxygen atoms in total. The van der Waals surface area contributed by atoms with Gasteiger partial charge in [-0.2, -0.15) is 5.10 Å². The van der Waals surface area contributed by atoms with Crippen LogP contribution in [0.4, 0.5) is 11.5 Å². The number of carbonyl (C=O) groups is 4. The highest BCUT2D eigenvalue weighted by molar-refractivity contribution is 9.10. The Hall–Kier alpha value is -4.78. The number of rotatable bonds is 5. The highest BCUT2D eigenvalue weighted by atomic mass is 79.9. The predicted octanol–water partition coefficient (Wildman–Crippen LogP) is 8.18. The lowest BCUT2D eigenvalue weighted by Gasteiger charge is -2.49. The third-order valence-electron chi connectivity index (χ3n) is 12.1. The van der Waals surface area contributed by atoms with E-state index in [1.165, 1.54) is 16.9 Å². The van der Waals surface area contributed by atoms with Gasteiger partial charge in [0, 0.05) is 38.8 Å². The van der Waals surface area contributed by atoms with E-state index in [4.69, 9.17) is 21.4 Å². The van der Waals surface area contributed by atoms with Crippen molar-refractivity contribution in [3.05, 3.63) is 99.0 Å². The number of allylic oxidation sites excluding steroid dienone is 2. The van der Waals surface area contributed by atoms with E-state index in [9.17, 15) is 19.5 Å². The second-order valence-electron chi connectivity index (χ2n) is 14.8. The van der Waals surface area contributed by atoms with Crippen LogP contribution < -0.4 is 14.5 Å². The number of aromatic hydroxyl groups is 1. The van der Waals surface area contributed by atoms with Crippen molar-refractivity contribution in [3.8, 4) is 22.1 Å². The summed E-state index contributed by atoms with van der Waals surface area (Å²) >= 11 is 11.3. The van der Waals surface area contributed by atoms with Gasteiger partial charge in [0.25, 0.3) is 0 Å². The minimum absolute atomic E-state index is 0.0878. The minimum Gasteiger partial charge on any atom is -0.508 e. The molecule has 274 valence electrons. The third kappa shape index (κ3) is 4.78. The van der Waals surface area contributed by atoms with Crippen molar-refractivity contribution < 1.29 is 29.0 Å². The number of thiophene rings is 1. The van der Waals surface area contributed by atoms with E-state index in [0.717, 1.165) is 30.6 Å². The van der Waals surface area contributed by atoms with E-state index in [2.05, 4.69) is 15.9 Å². The Morgan fingerprint density at radius 3 is 2.48 bits per heavy atom. The van der Waals surface area contributed by atoms with Crippen LogP contribution in [-0.2, 0) is 26.2 Å². The van der Waals surface area contributed by atoms with Crippen LogP contribution in [0, 0.1) is 36.0 Å². The van der Waals surface area contributed by atoms with Crippen molar-refractivity contribution in [1.82, 2.24) is 9.78 Å². The van der Waals surface area contributed by atoms with Gasteiger partial charge in [0.1, 0.15) is 23.0 Å². The van der Waals surface area contributed by atoms with Crippen LogP contribution in [0.15, 0.2) is 82.9 Å². The number of fused-ring (bicyclic) bond motifs is 5. The molecule has 0 spiro atoms. The first-order chi connectivity index (χ1) is 25.8. The fourth-order valence-corrected chi connectivity index (χ4v) is 11.2. The normalized spacial score (nSPS) is 26.3. The van der Waals surface area contributed by atoms with Crippen molar-refractivity contribution >= 4 is 84.1 Å². The zero-order valence-corrected chi connectivity index (χ0v) is 32.8. The maximum atomic E-state index is 15.2. The molecular formula is C41H34BrClN4O6S. The van der Waals surface area contributed by atoms with E-state index in [-0.39, 0.29) is 30.4 Å². The Morgan fingerprint density at radius 2 is 1.74 bits per heavy atom. The number of phenols is 1. The summed E-state index contributed by atoms with van der Waals surface area (Å²) in [4.78, 5) is 61.9. The van der Waals surface area contributed by atoms with E-state index in [0.29, 0.717) is 33.5 Å². The summed E-state index contributed by atoms with van der Waals surface area (Å²) in [6.45, 7) is 3.78. The molecule has 3 aromatic carbocycles. The number of halogens is 2. The Labute approximate surface area is 328 Å². The SMILES string of the molecule is COc1cccc(O)c1C1C2=CCC3C(=O)N(c4ccc(Br)cc4)C(=O)C3C2CC2C(=O)N(c3cc(-c4sc5ccc(Cl)cc5c4C)nn3C)C(=O)C21C. The first-order valence-electron chi connectivity index (χ1n) is 17.7. The predicted molar refractivity (Wildman–Crippen MR) is 210 cm³/mol. The van der Waals surface area contributed by atoms with E-state index in [1.54, 1.807) is 78.5 Å². The minimum atomic E-state index is -1.38. The van der Waals surface area contributed by atoms with Crippen molar-refractivity contribution in [3.63, 3.8) is 0 Å². The van der Waals surface area contributed by atoms with Crippen molar-refractivity contribution in [2.24, 2.45) is 36.1 Å². The van der Waals surface area contributed by atoms with Gasteiger partial charge in [0.2, 0.25) is 23.6 Å². The average Bonchev–Trinajstić information content (AvgIpc) is 3.82. The Morgan fingerprint density at radius 1 is 0.981 bits per heavy atom. The summed E-state index contributed by atoms with van der Waals surface area (Å²) in [6.07, 6.45) is 2.40. The lowest BCUT2D eigenvalue weighted by atomic mass is 9.51. The van der Waals surface area contributed by atoms with E-state index >= 15 is 4.79 Å². The zero-order valence-electron chi connectivity index (χ0n) is 29.7. The summed E-state index contributed by atoms with van der Waals surface area (Å²) in [5, 5.41) is 18.0. The average molecular weight is 826 g/mol. The van der Waals surface area contributed by atoms with Gasteiger partial charge in [-0.1, -0.05) is 45.2 Å². The smallest absolute Gasteiger partial charge is 0.242 e. The Balaban J connectivity index is 1.17. The molecule has 0 radical (unpaired) electrons. The van der Waals surface area contributed by atoms with Crippen molar-refractivity contribution in [2.75, 3.05) is 16.9 Å². The second-order valence-corrected chi connectivity index (χ2v) is 17.2. The van der Waals surface area contributed by atoms with Crippen LogP contribution in [0.25, 0.3) is 20.7 Å². The van der Waals surface area contributed by atoms with Gasteiger partial charge >= 0.3 is 0 Å². The summed E-state index contributed by atoms with van der Waals surface area (Å²) in [5.74, 6) is -4.56. The number of hydrogen-bond donors (Lipinski definition) is 1. The van der Waals surface area contributed by atoms with Gasteiger partial charge in [-0.05, 0) is 98.2 Å². The van der Waals surface area contributed by atoms with Gasteiger partial charge in [0.05, 0.1) is 40.8 Å². The monoisotopic (exact) mass is 824 g/mol. The van der Waals surface area contributed by atoms with E-state index < -0.39 is 46.8 Å². The summed E-state index contributed by atoms with van der Waals surface area (Å²) in [6, 6.07) is 19.4.